The van der Waals surface area contributed by atoms with Gasteiger partial charge in [-0.25, -0.2) is 0 Å². The van der Waals surface area contributed by atoms with Crippen molar-refractivity contribution in [3.05, 3.63) is 29.8 Å². The number of nitrogens with one attached hydrogen (secondary N) is 1. The van der Waals surface area contributed by atoms with E-state index in [1.165, 1.54) is 11.3 Å². The van der Waals surface area contributed by atoms with Crippen molar-refractivity contribution >= 4 is 5.69 Å². The first-order valence-corrected chi connectivity index (χ1v) is 6.80. The first kappa shape index (κ1) is 13.4. The molecule has 3 heteroatoms. The molecule has 1 atom stereocenters. The van der Waals surface area contributed by atoms with Crippen LogP contribution in [0.2, 0.25) is 0 Å². The van der Waals surface area contributed by atoms with Gasteiger partial charge >= 0.3 is 0 Å². The van der Waals surface area contributed by atoms with Crippen molar-refractivity contribution in [1.29, 1.82) is 0 Å². The molecule has 1 saturated heterocycles. The molecule has 1 aromatic rings. The minimum atomic E-state index is 0.378. The molecule has 0 aromatic heterocycles. The van der Waals surface area contributed by atoms with Crippen LogP contribution in [0.5, 0.6) is 0 Å². The molecule has 0 saturated carbocycles. The molecule has 0 amide bonds. The normalized spacial score (nSPS) is 18.6. The van der Waals surface area contributed by atoms with E-state index in [0.717, 1.165) is 26.1 Å². The van der Waals surface area contributed by atoms with Crippen molar-refractivity contribution in [3.8, 4) is 0 Å². The molecule has 1 aliphatic rings. The van der Waals surface area contributed by atoms with Gasteiger partial charge in [-0.3, -0.25) is 0 Å². The lowest BCUT2D eigenvalue weighted by Crippen LogP contribution is -2.37. The zero-order chi connectivity index (χ0) is 13.0. The van der Waals surface area contributed by atoms with Crippen molar-refractivity contribution in [1.82, 2.24) is 5.32 Å². The third-order valence-electron chi connectivity index (χ3n) is 3.95. The molecule has 1 unspecified atom stereocenters. The van der Waals surface area contributed by atoms with Crippen LogP contribution < -0.4 is 10.2 Å². The van der Waals surface area contributed by atoms with E-state index in [-0.39, 0.29) is 0 Å². The molecular formula is C15H24N2O. The summed E-state index contributed by atoms with van der Waals surface area (Å²) < 4.78 is 5.45. The molecule has 0 radical (unpaired) electrons. The second-order valence-electron chi connectivity index (χ2n) is 5.02. The first-order valence-electron chi connectivity index (χ1n) is 6.80. The van der Waals surface area contributed by atoms with Crippen LogP contribution in [0.25, 0.3) is 0 Å². The Hall–Kier alpha value is -1.06. The van der Waals surface area contributed by atoms with Gasteiger partial charge in [0.15, 0.2) is 0 Å². The molecule has 1 fully saturated rings. The molecule has 0 spiro atoms. The van der Waals surface area contributed by atoms with E-state index >= 15 is 0 Å². The molecule has 0 bridgehead atoms. The summed E-state index contributed by atoms with van der Waals surface area (Å²) in [6.45, 7) is 3.98. The molecule has 1 aliphatic heterocycles. The molecule has 2 rings (SSSR count). The van der Waals surface area contributed by atoms with Crippen molar-refractivity contribution in [3.63, 3.8) is 0 Å². The van der Waals surface area contributed by atoms with Gasteiger partial charge in [0.05, 0.1) is 0 Å². The third kappa shape index (κ3) is 2.85. The summed E-state index contributed by atoms with van der Waals surface area (Å²) in [5.74, 6) is 0. The Labute approximate surface area is 110 Å². The Morgan fingerprint density at radius 1 is 1.28 bits per heavy atom. The maximum absolute atomic E-state index is 5.45. The van der Waals surface area contributed by atoms with Gasteiger partial charge in [-0.1, -0.05) is 18.2 Å². The van der Waals surface area contributed by atoms with Crippen LogP contribution >= 0.6 is 0 Å². The monoisotopic (exact) mass is 248 g/mol. The van der Waals surface area contributed by atoms with Gasteiger partial charge in [-0.15, -0.1) is 0 Å². The zero-order valence-corrected chi connectivity index (χ0v) is 11.6. The Kier molecular flexibility index (Phi) is 4.61. The molecule has 1 N–H and O–H groups in total. The summed E-state index contributed by atoms with van der Waals surface area (Å²) in [7, 11) is 4.22. The lowest BCUT2D eigenvalue weighted by Gasteiger charge is -2.35. The molecular weight excluding hydrogens is 224 g/mol. The molecule has 18 heavy (non-hydrogen) atoms. The minimum Gasteiger partial charge on any atom is -0.381 e. The fourth-order valence-electron chi connectivity index (χ4n) is 2.60. The predicted molar refractivity (Wildman–Crippen MR) is 76.2 cm³/mol. The second-order valence-corrected chi connectivity index (χ2v) is 5.02. The number of ether oxygens (including phenoxy) is 1. The van der Waals surface area contributed by atoms with Crippen LogP contribution in [0.4, 0.5) is 5.69 Å². The smallest absolute Gasteiger partial charge is 0.0485 e. The van der Waals surface area contributed by atoms with Crippen LogP contribution in [0, 0.1) is 0 Å². The molecule has 1 aromatic carbocycles. The largest absolute Gasteiger partial charge is 0.381 e. The number of anilines is 1. The Morgan fingerprint density at radius 3 is 2.61 bits per heavy atom. The summed E-state index contributed by atoms with van der Waals surface area (Å²) >= 11 is 0. The molecule has 3 nitrogen and oxygen atoms in total. The molecule has 100 valence electrons. The average Bonchev–Trinajstić information content (AvgIpc) is 2.46. The van der Waals surface area contributed by atoms with E-state index in [1.807, 2.05) is 7.05 Å². The van der Waals surface area contributed by atoms with Crippen LogP contribution in [0.3, 0.4) is 0 Å². The SMILES string of the molecule is CNC(C)c1ccccc1N(C)C1CCOCC1. The number of para-hydroxylation sites is 1. The van der Waals surface area contributed by atoms with Crippen molar-refractivity contribution in [2.24, 2.45) is 0 Å². The highest BCUT2D eigenvalue weighted by atomic mass is 16.5. The van der Waals surface area contributed by atoms with Crippen LogP contribution in [0.15, 0.2) is 24.3 Å². The maximum Gasteiger partial charge on any atom is 0.0485 e. The fourth-order valence-corrected chi connectivity index (χ4v) is 2.60. The molecule has 1 heterocycles. The number of benzene rings is 1. The van der Waals surface area contributed by atoms with Crippen LogP contribution in [-0.2, 0) is 4.74 Å². The standard InChI is InChI=1S/C15H24N2O/c1-12(16-2)14-6-4-5-7-15(14)17(3)13-8-10-18-11-9-13/h4-7,12-13,16H,8-11H2,1-3H3. The lowest BCUT2D eigenvalue weighted by molar-refractivity contribution is 0.0854. The Bertz CT molecular complexity index is 375. The van der Waals surface area contributed by atoms with E-state index in [9.17, 15) is 0 Å². The Balaban J connectivity index is 2.20. The third-order valence-corrected chi connectivity index (χ3v) is 3.95. The highest BCUT2D eigenvalue weighted by Gasteiger charge is 2.21. The zero-order valence-electron chi connectivity index (χ0n) is 11.6. The summed E-state index contributed by atoms with van der Waals surface area (Å²) in [5.41, 5.74) is 2.71. The summed E-state index contributed by atoms with van der Waals surface area (Å²) in [4.78, 5) is 2.42. The van der Waals surface area contributed by atoms with Gasteiger partial charge in [0.25, 0.3) is 0 Å². The average molecular weight is 248 g/mol. The van der Waals surface area contributed by atoms with E-state index in [4.69, 9.17) is 4.74 Å². The van der Waals surface area contributed by atoms with Crippen molar-refractivity contribution in [2.45, 2.75) is 31.8 Å². The van der Waals surface area contributed by atoms with Gasteiger partial charge in [-0.05, 0) is 38.4 Å². The number of hydrogen-bond acceptors (Lipinski definition) is 3. The first-order chi connectivity index (χ1) is 8.74. The topological polar surface area (TPSA) is 24.5 Å². The highest BCUT2D eigenvalue weighted by Crippen LogP contribution is 2.28. The molecule has 0 aliphatic carbocycles. The van der Waals surface area contributed by atoms with E-state index in [1.54, 1.807) is 0 Å². The van der Waals surface area contributed by atoms with E-state index < -0.39 is 0 Å². The minimum absolute atomic E-state index is 0.378. The van der Waals surface area contributed by atoms with Crippen molar-refractivity contribution in [2.75, 3.05) is 32.2 Å². The van der Waals surface area contributed by atoms with Gasteiger partial charge in [0.1, 0.15) is 0 Å². The van der Waals surface area contributed by atoms with E-state index in [2.05, 4.69) is 48.5 Å². The van der Waals surface area contributed by atoms with Crippen LogP contribution in [-0.4, -0.2) is 33.4 Å². The number of nitrogens with zero attached hydrogens (tertiary/aromatic N) is 1. The number of hydrogen-bond donors (Lipinski definition) is 1. The Morgan fingerprint density at radius 2 is 1.94 bits per heavy atom. The highest BCUT2D eigenvalue weighted by molar-refractivity contribution is 5.55. The summed E-state index contributed by atoms with van der Waals surface area (Å²) in [5, 5.41) is 3.33. The number of rotatable bonds is 4. The second kappa shape index (κ2) is 6.21. The van der Waals surface area contributed by atoms with E-state index in [0.29, 0.717) is 12.1 Å². The van der Waals surface area contributed by atoms with Gasteiger partial charge in [0, 0.05) is 38.0 Å². The fraction of sp³-hybridized carbons (Fsp3) is 0.600. The summed E-state index contributed by atoms with van der Waals surface area (Å²) in [6, 6.07) is 9.65. The van der Waals surface area contributed by atoms with Gasteiger partial charge in [0.2, 0.25) is 0 Å². The van der Waals surface area contributed by atoms with Gasteiger partial charge in [-0.2, -0.15) is 0 Å². The lowest BCUT2D eigenvalue weighted by atomic mass is 10.0. The quantitative estimate of drug-likeness (QED) is 0.886. The predicted octanol–water partition coefficient (Wildman–Crippen LogP) is 2.58. The maximum atomic E-state index is 5.45. The van der Waals surface area contributed by atoms with Crippen LogP contribution in [0.1, 0.15) is 31.4 Å². The van der Waals surface area contributed by atoms with Crippen molar-refractivity contribution < 1.29 is 4.74 Å². The van der Waals surface area contributed by atoms with Gasteiger partial charge < -0.3 is 15.0 Å². The summed E-state index contributed by atoms with van der Waals surface area (Å²) in [6.07, 6.45) is 2.25.